The van der Waals surface area contributed by atoms with Crippen LogP contribution in [0.2, 0.25) is 5.02 Å². The number of hydrogen-bond donors (Lipinski definition) is 4. The largest absolute Gasteiger partial charge is 0.501 e. The fourth-order valence-corrected chi connectivity index (χ4v) is 14.0. The van der Waals surface area contributed by atoms with Crippen LogP contribution in [-0.4, -0.2) is 143 Å². The fourth-order valence-electron chi connectivity index (χ4n) is 10.8. The van der Waals surface area contributed by atoms with E-state index in [0.29, 0.717) is 75.4 Å². The minimum atomic E-state index is -6.15. The maximum absolute atomic E-state index is 14.7. The molecule has 3 fully saturated rings. The number of alkyl halides is 3. The number of sulfonamides is 1. The minimum Gasteiger partial charge on any atom is -0.380 e. The molecule has 438 valence electrons. The molecule has 2 atom stereocenters. The summed E-state index contributed by atoms with van der Waals surface area (Å²) < 4.78 is 114. The lowest BCUT2D eigenvalue weighted by atomic mass is 9.73. The predicted octanol–water partition coefficient (Wildman–Crippen LogP) is 9.07. The summed E-state index contributed by atoms with van der Waals surface area (Å²) in [5, 5.41) is 8.89. The Morgan fingerprint density at radius 1 is 0.829 bits per heavy atom. The third kappa shape index (κ3) is 15.6. The van der Waals surface area contributed by atoms with Crippen LogP contribution in [0.3, 0.4) is 0 Å². The van der Waals surface area contributed by atoms with Gasteiger partial charge in [-0.15, -0.1) is 11.8 Å². The number of pyridine rings is 1. The number of carbonyl (C=O) groups excluding carboxylic acids is 3. The van der Waals surface area contributed by atoms with Crippen molar-refractivity contribution in [2.45, 2.75) is 91.2 Å². The van der Waals surface area contributed by atoms with Crippen LogP contribution in [0.1, 0.15) is 73.9 Å². The zero-order chi connectivity index (χ0) is 58.4. The highest BCUT2D eigenvalue weighted by Crippen LogP contribution is 2.43. The normalized spacial score (nSPS) is 19.2. The zero-order valence-electron chi connectivity index (χ0n) is 45.5. The van der Waals surface area contributed by atoms with Crippen molar-refractivity contribution in [2.24, 2.45) is 5.41 Å². The summed E-state index contributed by atoms with van der Waals surface area (Å²) in [6.45, 7) is 11.6. The second kappa shape index (κ2) is 25.8. The molecular formula is C58H66ClF4N9O7S3. The molecule has 4 N–H and O–H groups in total. The Balaban J connectivity index is 0.829. The van der Waals surface area contributed by atoms with E-state index in [0.717, 1.165) is 61.6 Å². The number of piperidine rings is 1. The Bertz CT molecular complexity index is 3380. The summed E-state index contributed by atoms with van der Waals surface area (Å²) in [5.41, 5.74) is -0.655. The first kappa shape index (κ1) is 60.5. The highest BCUT2D eigenvalue weighted by Gasteiger charge is 2.48. The number of halogens is 5. The number of nitrogens with zero attached hydrogens (tertiary/aromatic N) is 5. The Kier molecular flexibility index (Phi) is 19.1. The van der Waals surface area contributed by atoms with Gasteiger partial charge in [0.1, 0.15) is 16.8 Å². The number of aromatic nitrogens is 1. The Morgan fingerprint density at radius 3 is 2.18 bits per heavy atom. The van der Waals surface area contributed by atoms with Crippen LogP contribution in [0.25, 0.3) is 5.57 Å². The van der Waals surface area contributed by atoms with Crippen molar-refractivity contribution < 1.29 is 48.8 Å². The molecule has 16 nitrogen and oxygen atoms in total. The number of sulfone groups is 1. The van der Waals surface area contributed by atoms with E-state index >= 15 is 0 Å². The molecule has 0 radical (unpaired) electrons. The molecule has 3 aliphatic heterocycles. The first-order chi connectivity index (χ1) is 39.0. The molecule has 1 aromatic heterocycles. The third-order valence-electron chi connectivity index (χ3n) is 15.4. The average molecular weight is 1210 g/mol. The van der Waals surface area contributed by atoms with E-state index in [1.54, 1.807) is 18.2 Å². The minimum absolute atomic E-state index is 0.0338. The molecule has 3 saturated heterocycles. The van der Waals surface area contributed by atoms with E-state index in [2.05, 4.69) is 66.5 Å². The third-order valence-corrected chi connectivity index (χ3v) is 19.6. The van der Waals surface area contributed by atoms with Gasteiger partial charge in [0, 0.05) is 111 Å². The molecule has 1 aliphatic carbocycles. The second-order valence-electron chi connectivity index (χ2n) is 22.0. The predicted molar refractivity (Wildman–Crippen MR) is 310 cm³/mol. The monoisotopic (exact) mass is 1210 g/mol. The summed E-state index contributed by atoms with van der Waals surface area (Å²) in [6, 6.07) is 27.6. The first-order valence-electron chi connectivity index (χ1n) is 27.2. The molecule has 0 bridgehead atoms. The van der Waals surface area contributed by atoms with E-state index in [1.807, 2.05) is 47.2 Å². The van der Waals surface area contributed by atoms with Crippen molar-refractivity contribution in [1.29, 1.82) is 0 Å². The molecule has 24 heteroatoms. The van der Waals surface area contributed by atoms with Crippen molar-refractivity contribution in [3.63, 3.8) is 0 Å². The Hall–Kier alpha value is -6.08. The average Bonchev–Trinajstić information content (AvgIpc) is 3.64. The lowest BCUT2D eigenvalue weighted by Crippen LogP contribution is -2.47. The maximum Gasteiger partial charge on any atom is 0.501 e. The van der Waals surface area contributed by atoms with E-state index < -0.39 is 70.7 Å². The molecule has 3 amide bonds. The van der Waals surface area contributed by atoms with E-state index in [1.165, 1.54) is 46.7 Å². The van der Waals surface area contributed by atoms with Crippen LogP contribution in [0.4, 0.5) is 34.8 Å². The zero-order valence-corrected chi connectivity index (χ0v) is 48.7. The number of hydrogen-bond acceptors (Lipinski definition) is 15. The van der Waals surface area contributed by atoms with Gasteiger partial charge in [-0.05, 0) is 133 Å². The summed E-state index contributed by atoms with van der Waals surface area (Å²) in [5.74, 6) is -2.22. The molecule has 4 aliphatic rings. The standard InChI is InChI=1S/C58H66ClF4N9O7S3/c1-57(2)22-20-48(40-8-12-43(59)13-9-40)42(35-57)37-71-28-30-72(31-29-71)45-14-10-41(11-15-45)55(74)68-82(78,79)47-16-17-49(51(34-47)81(76,77)58(61,62)63)64-44(38-80-46-6-4-3-5-7-46)21-23-69-24-26-70(27-25-69)36-39-32-52(60)66-53(33-39)65-50-18-19-54(73)67-56(50)75/h3-17,32-34,44,50,64H,18-31,35-38H2,1-2H3,(H,65,66)(H,68,74)(H,67,73,75)/t44-,50?/m1/s1. The van der Waals surface area contributed by atoms with Crippen LogP contribution in [0, 0.1) is 11.4 Å². The van der Waals surface area contributed by atoms with Gasteiger partial charge in [-0.2, -0.15) is 17.6 Å². The fraction of sp³-hybridized carbons (Fsp3) is 0.414. The maximum atomic E-state index is 14.7. The number of benzene rings is 4. The van der Waals surface area contributed by atoms with Gasteiger partial charge in [-0.1, -0.05) is 61.4 Å². The highest BCUT2D eigenvalue weighted by molar-refractivity contribution is 7.99. The van der Waals surface area contributed by atoms with E-state index in [9.17, 15) is 48.8 Å². The van der Waals surface area contributed by atoms with E-state index in [4.69, 9.17) is 11.6 Å². The number of amides is 3. The lowest BCUT2D eigenvalue weighted by molar-refractivity contribution is -0.133. The van der Waals surface area contributed by atoms with Gasteiger partial charge in [0.15, 0.2) is 0 Å². The number of imide groups is 1. The van der Waals surface area contributed by atoms with Crippen molar-refractivity contribution in [3.8, 4) is 0 Å². The van der Waals surface area contributed by atoms with Crippen molar-refractivity contribution in [2.75, 3.05) is 86.7 Å². The highest BCUT2D eigenvalue weighted by atomic mass is 35.5. The Labute approximate surface area is 485 Å². The first-order valence-corrected chi connectivity index (χ1v) is 31.5. The number of rotatable bonds is 20. The van der Waals surface area contributed by atoms with Gasteiger partial charge in [-0.25, -0.2) is 26.5 Å². The van der Waals surface area contributed by atoms with Crippen molar-refractivity contribution in [1.82, 2.24) is 29.7 Å². The molecular weight excluding hydrogens is 1140 g/mol. The lowest BCUT2D eigenvalue weighted by Gasteiger charge is -2.39. The summed E-state index contributed by atoms with van der Waals surface area (Å²) in [6.07, 6.45) is 3.83. The number of thioether (sulfide) groups is 1. The molecule has 4 heterocycles. The number of nitrogens with one attached hydrogen (secondary N) is 4. The van der Waals surface area contributed by atoms with Crippen LogP contribution in [-0.2, 0) is 36.0 Å². The number of carbonyl (C=O) groups is 3. The van der Waals surface area contributed by atoms with Gasteiger partial charge in [0.05, 0.1) is 10.6 Å². The van der Waals surface area contributed by atoms with Crippen LogP contribution >= 0.6 is 23.4 Å². The molecule has 82 heavy (non-hydrogen) atoms. The van der Waals surface area contributed by atoms with Crippen LogP contribution < -0.4 is 25.6 Å². The van der Waals surface area contributed by atoms with Gasteiger partial charge in [0.2, 0.25) is 17.8 Å². The number of allylic oxidation sites excluding steroid dienone is 1. The SMILES string of the molecule is CC1(C)CCC(c2ccc(Cl)cc2)=C(CN2CCN(c3ccc(C(=O)NS(=O)(=O)c4ccc(N[C@H](CCN5CCN(Cc6cc(F)nc(NC7CCC(=O)NC7=O)c6)CC5)CSc5ccccc5)c(S(=O)(=O)C(F)(F)F)c4)cc3)CC2)C1. The van der Waals surface area contributed by atoms with Crippen LogP contribution in [0.15, 0.2) is 129 Å². The molecule has 4 aromatic carbocycles. The van der Waals surface area contributed by atoms with Crippen molar-refractivity contribution in [3.05, 3.63) is 142 Å². The smallest absolute Gasteiger partial charge is 0.380 e. The molecule has 0 spiro atoms. The Morgan fingerprint density at radius 2 is 1.50 bits per heavy atom. The summed E-state index contributed by atoms with van der Waals surface area (Å²) in [4.78, 5) is 48.8. The second-order valence-corrected chi connectivity index (χ2v) is 27.1. The van der Waals surface area contributed by atoms with Crippen molar-refractivity contribution >= 4 is 83.7 Å². The summed E-state index contributed by atoms with van der Waals surface area (Å²) >= 11 is 7.61. The molecule has 5 aromatic rings. The topological polar surface area (TPSA) is 193 Å². The molecule has 1 unspecified atom stereocenters. The van der Waals surface area contributed by atoms with Gasteiger partial charge < -0.3 is 20.4 Å². The number of anilines is 3. The van der Waals surface area contributed by atoms with Gasteiger partial charge in [0.25, 0.3) is 25.8 Å². The van der Waals surface area contributed by atoms with Crippen LogP contribution in [0.5, 0.6) is 0 Å². The molecule has 9 rings (SSSR count). The van der Waals surface area contributed by atoms with Gasteiger partial charge in [-0.3, -0.25) is 29.5 Å². The number of piperazine rings is 2. The van der Waals surface area contributed by atoms with Gasteiger partial charge >= 0.3 is 5.51 Å². The quantitative estimate of drug-likeness (QED) is 0.0249. The van der Waals surface area contributed by atoms with E-state index in [-0.39, 0.29) is 41.3 Å². The summed E-state index contributed by atoms with van der Waals surface area (Å²) in [7, 11) is -11.1. The molecule has 0 saturated carbocycles.